The third kappa shape index (κ3) is 6.06. The number of carbonyl (C=O) groups excluding carboxylic acids is 1. The number of hydrogen-bond acceptors (Lipinski definition) is 8. The van der Waals surface area contributed by atoms with Gasteiger partial charge in [0.2, 0.25) is 0 Å². The molecule has 0 radical (unpaired) electrons. The van der Waals surface area contributed by atoms with Crippen LogP contribution in [-0.2, 0) is 11.1 Å². The van der Waals surface area contributed by atoms with E-state index in [9.17, 15) is 19.4 Å². The van der Waals surface area contributed by atoms with Gasteiger partial charge in [0.25, 0.3) is 0 Å². The SMILES string of the molecule is COc1cc(C(=O)CCC(C)(O)c2cc3c(c(-c4ccc(F)cc4)n2)OCC3(C)N)ccc1OC(C)(C)CO. The van der Waals surface area contributed by atoms with E-state index in [1.54, 1.807) is 57.2 Å². The maximum Gasteiger partial charge on any atom is 0.163 e. The molecule has 4 N–H and O–H groups in total. The molecule has 0 spiro atoms. The number of aliphatic hydroxyl groups excluding tert-OH is 1. The van der Waals surface area contributed by atoms with Crippen molar-refractivity contribution in [1.29, 1.82) is 0 Å². The first-order chi connectivity index (χ1) is 18.3. The Hall–Kier alpha value is -3.53. The summed E-state index contributed by atoms with van der Waals surface area (Å²) < 4.78 is 30.7. The van der Waals surface area contributed by atoms with Gasteiger partial charge in [-0.15, -0.1) is 0 Å². The van der Waals surface area contributed by atoms with Crippen LogP contribution in [0, 0.1) is 5.82 Å². The molecule has 9 heteroatoms. The molecule has 0 saturated carbocycles. The predicted molar refractivity (Wildman–Crippen MR) is 145 cm³/mol. The van der Waals surface area contributed by atoms with Crippen LogP contribution in [0.15, 0.2) is 48.5 Å². The van der Waals surface area contributed by atoms with Crippen molar-refractivity contribution in [2.75, 3.05) is 20.3 Å². The van der Waals surface area contributed by atoms with E-state index >= 15 is 0 Å². The molecule has 2 aromatic carbocycles. The highest BCUT2D eigenvalue weighted by Gasteiger charge is 2.38. The number of carbonyl (C=O) groups is 1. The van der Waals surface area contributed by atoms with Crippen LogP contribution in [0.3, 0.4) is 0 Å². The van der Waals surface area contributed by atoms with Gasteiger partial charge in [-0.3, -0.25) is 4.79 Å². The van der Waals surface area contributed by atoms with Gasteiger partial charge in [0, 0.05) is 23.1 Å². The fourth-order valence-electron chi connectivity index (χ4n) is 4.37. The Labute approximate surface area is 227 Å². The van der Waals surface area contributed by atoms with Crippen LogP contribution >= 0.6 is 0 Å². The molecule has 0 fully saturated rings. The molecule has 208 valence electrons. The Morgan fingerprint density at radius 2 is 1.85 bits per heavy atom. The number of ketones is 1. The molecular weight excluding hydrogens is 503 g/mol. The van der Waals surface area contributed by atoms with Crippen LogP contribution in [0.5, 0.6) is 17.2 Å². The third-order valence-corrected chi connectivity index (χ3v) is 6.87. The van der Waals surface area contributed by atoms with E-state index < -0.39 is 16.7 Å². The van der Waals surface area contributed by atoms with Crippen molar-refractivity contribution in [2.24, 2.45) is 5.73 Å². The van der Waals surface area contributed by atoms with Crippen molar-refractivity contribution in [3.8, 4) is 28.5 Å². The van der Waals surface area contributed by atoms with Crippen LogP contribution in [0.2, 0.25) is 0 Å². The number of methoxy groups -OCH3 is 1. The number of benzene rings is 2. The quantitative estimate of drug-likeness (QED) is 0.323. The summed E-state index contributed by atoms with van der Waals surface area (Å²) in [6.07, 6.45) is 0.111. The van der Waals surface area contributed by atoms with Crippen LogP contribution in [0.25, 0.3) is 11.3 Å². The molecule has 4 rings (SSSR count). The zero-order valence-electron chi connectivity index (χ0n) is 22.9. The van der Waals surface area contributed by atoms with Gasteiger partial charge in [-0.05, 0) is 82.6 Å². The lowest BCUT2D eigenvalue weighted by Gasteiger charge is -2.26. The van der Waals surface area contributed by atoms with Crippen LogP contribution < -0.4 is 19.9 Å². The molecular formula is C30H35FN2O6. The highest BCUT2D eigenvalue weighted by Crippen LogP contribution is 2.44. The maximum absolute atomic E-state index is 13.6. The smallest absolute Gasteiger partial charge is 0.163 e. The molecule has 3 aromatic rings. The first-order valence-corrected chi connectivity index (χ1v) is 12.7. The molecule has 39 heavy (non-hydrogen) atoms. The highest BCUT2D eigenvalue weighted by molar-refractivity contribution is 5.96. The zero-order valence-corrected chi connectivity index (χ0v) is 22.9. The number of nitrogens with two attached hydrogens (primary N) is 1. The van der Waals surface area contributed by atoms with Gasteiger partial charge in [-0.2, -0.15) is 0 Å². The van der Waals surface area contributed by atoms with E-state index in [0.717, 1.165) is 0 Å². The second kappa shape index (κ2) is 10.6. The molecule has 1 aliphatic heterocycles. The normalized spacial score (nSPS) is 18.2. The Morgan fingerprint density at radius 1 is 1.15 bits per heavy atom. The van der Waals surface area contributed by atoms with Gasteiger partial charge in [0.05, 0.1) is 24.9 Å². The number of rotatable bonds is 10. The zero-order chi connectivity index (χ0) is 28.6. The Balaban J connectivity index is 1.59. The minimum Gasteiger partial charge on any atom is -0.493 e. The van der Waals surface area contributed by atoms with E-state index in [-0.39, 0.29) is 37.7 Å². The van der Waals surface area contributed by atoms with Gasteiger partial charge in [0.1, 0.15) is 29.3 Å². The van der Waals surface area contributed by atoms with Crippen molar-refractivity contribution in [1.82, 2.24) is 4.98 Å². The topological polar surface area (TPSA) is 124 Å². The number of nitrogens with zero attached hydrogens (tertiary/aromatic N) is 1. The molecule has 1 aromatic heterocycles. The number of halogens is 1. The number of hydrogen-bond donors (Lipinski definition) is 3. The molecule has 0 saturated heterocycles. The first-order valence-electron chi connectivity index (χ1n) is 12.7. The summed E-state index contributed by atoms with van der Waals surface area (Å²) in [5.74, 6) is 0.688. The van der Waals surface area contributed by atoms with Gasteiger partial charge < -0.3 is 30.2 Å². The van der Waals surface area contributed by atoms with Crippen molar-refractivity contribution < 1.29 is 33.6 Å². The summed E-state index contributed by atoms with van der Waals surface area (Å²) in [4.78, 5) is 17.8. The summed E-state index contributed by atoms with van der Waals surface area (Å²) in [5, 5.41) is 21.0. The summed E-state index contributed by atoms with van der Waals surface area (Å²) in [6.45, 7) is 6.95. The number of pyridine rings is 1. The molecule has 8 nitrogen and oxygen atoms in total. The lowest BCUT2D eigenvalue weighted by Crippen LogP contribution is -2.35. The second-order valence-corrected chi connectivity index (χ2v) is 11.0. The average molecular weight is 539 g/mol. The number of Topliss-reactive ketones (excluding diaryl/α,β-unsaturated/α-hetero) is 1. The first kappa shape index (κ1) is 28.5. The second-order valence-electron chi connectivity index (χ2n) is 11.0. The van der Waals surface area contributed by atoms with E-state index in [1.165, 1.54) is 19.2 Å². The molecule has 2 atom stereocenters. The lowest BCUT2D eigenvalue weighted by molar-refractivity contribution is 0.0386. The monoisotopic (exact) mass is 538 g/mol. The summed E-state index contributed by atoms with van der Waals surface area (Å²) in [6, 6.07) is 12.4. The number of aliphatic hydroxyl groups is 2. The van der Waals surface area contributed by atoms with Crippen molar-refractivity contribution in [3.05, 3.63) is 71.2 Å². The minimum absolute atomic E-state index is 0.0273. The Bertz CT molecular complexity index is 1370. The van der Waals surface area contributed by atoms with Gasteiger partial charge in [0.15, 0.2) is 23.0 Å². The van der Waals surface area contributed by atoms with Crippen LogP contribution in [-0.4, -0.2) is 46.9 Å². The predicted octanol–water partition coefficient (Wildman–Crippen LogP) is 4.48. The van der Waals surface area contributed by atoms with Crippen molar-refractivity contribution >= 4 is 5.78 Å². The molecule has 0 amide bonds. The van der Waals surface area contributed by atoms with Gasteiger partial charge in [-0.25, -0.2) is 9.37 Å². The van der Waals surface area contributed by atoms with E-state index in [2.05, 4.69) is 0 Å². The van der Waals surface area contributed by atoms with E-state index in [1.807, 2.05) is 6.92 Å². The highest BCUT2D eigenvalue weighted by atomic mass is 19.1. The maximum atomic E-state index is 13.6. The molecule has 0 aliphatic carbocycles. The number of ether oxygens (including phenoxy) is 3. The molecule has 1 aliphatic rings. The van der Waals surface area contributed by atoms with Gasteiger partial charge in [-0.1, -0.05) is 0 Å². The number of fused-ring (bicyclic) bond motifs is 1. The molecule has 0 bridgehead atoms. The summed E-state index contributed by atoms with van der Waals surface area (Å²) in [7, 11) is 1.47. The van der Waals surface area contributed by atoms with E-state index in [0.29, 0.717) is 45.3 Å². The average Bonchev–Trinajstić information content (AvgIpc) is 3.21. The van der Waals surface area contributed by atoms with Crippen LogP contribution in [0.4, 0.5) is 4.39 Å². The Kier molecular flexibility index (Phi) is 7.71. The number of aromatic nitrogens is 1. The Morgan fingerprint density at radius 3 is 2.49 bits per heavy atom. The fraction of sp³-hybridized carbons (Fsp3) is 0.400. The van der Waals surface area contributed by atoms with Crippen LogP contribution in [0.1, 0.15) is 62.2 Å². The molecule has 2 unspecified atom stereocenters. The standard InChI is InChI=1S/C30H35FN2O6/c1-28(2,16-34)39-23-11-8-19(14-24(23)37-5)22(35)12-13-30(4,36)25-15-21-27(38-17-29(21,3)32)26(33-25)18-6-9-20(31)10-7-18/h6-11,14-15,34,36H,12-13,16-17,32H2,1-5H3. The summed E-state index contributed by atoms with van der Waals surface area (Å²) in [5.41, 5.74) is 5.86. The molecule has 2 heterocycles. The lowest BCUT2D eigenvalue weighted by atomic mass is 9.88. The summed E-state index contributed by atoms with van der Waals surface area (Å²) >= 11 is 0. The van der Waals surface area contributed by atoms with E-state index in [4.69, 9.17) is 24.9 Å². The fourth-order valence-corrected chi connectivity index (χ4v) is 4.37. The van der Waals surface area contributed by atoms with Gasteiger partial charge >= 0.3 is 0 Å². The largest absolute Gasteiger partial charge is 0.493 e. The van der Waals surface area contributed by atoms with Crippen molar-refractivity contribution in [2.45, 2.75) is 57.3 Å². The third-order valence-electron chi connectivity index (χ3n) is 6.87. The minimum atomic E-state index is -1.48. The van der Waals surface area contributed by atoms with Crippen molar-refractivity contribution in [3.63, 3.8) is 0 Å².